The van der Waals surface area contributed by atoms with Crippen LogP contribution in [0.5, 0.6) is 0 Å². The normalized spacial score (nSPS) is 13.8. The Bertz CT molecular complexity index is 254. The van der Waals surface area contributed by atoms with Crippen LogP contribution < -0.4 is 0 Å². The largest absolute Gasteiger partial charge is 0.296 e. The second-order valence-corrected chi connectivity index (χ2v) is 3.11. The molecule has 0 heterocycles. The summed E-state index contributed by atoms with van der Waals surface area (Å²) >= 11 is 0. The highest BCUT2D eigenvalue weighted by Gasteiger charge is 1.89. The van der Waals surface area contributed by atoms with Gasteiger partial charge in [-0.1, -0.05) is 36.8 Å². The minimum atomic E-state index is 0.936. The summed E-state index contributed by atoms with van der Waals surface area (Å²) in [5, 5.41) is 0. The summed E-state index contributed by atoms with van der Waals surface area (Å²) in [6, 6.07) is 0. The van der Waals surface area contributed by atoms with Crippen LogP contribution in [0.25, 0.3) is 0 Å². The molecule has 13 heavy (non-hydrogen) atoms. The van der Waals surface area contributed by atoms with E-state index in [4.69, 9.17) is 0 Å². The molecule has 0 saturated carbocycles. The molecule has 0 unspecified atom stereocenters. The Labute approximate surface area is 81.6 Å². The number of hydrogen-bond donors (Lipinski definition) is 0. The first-order valence-corrected chi connectivity index (χ1v) is 4.57. The van der Waals surface area contributed by atoms with E-state index in [1.165, 1.54) is 11.1 Å². The van der Waals surface area contributed by atoms with Crippen LogP contribution in [-0.4, -0.2) is 13.3 Å². The lowest BCUT2D eigenvalue weighted by Crippen LogP contribution is -1.80. The molecule has 0 rings (SSSR count). The van der Waals surface area contributed by atoms with Crippen LogP contribution in [0.15, 0.2) is 40.4 Å². The Kier molecular flexibility index (Phi) is 5.86. The minimum absolute atomic E-state index is 0.936. The van der Waals surface area contributed by atoms with Gasteiger partial charge in [0.15, 0.2) is 0 Å². The third-order valence-electron chi connectivity index (χ3n) is 2.05. The standard InChI is InChI=1S/C12H19N/c1-6-11(3)12(4)8-7-10(2)9-13-5/h7-9H,2,6H2,1,3-5H3/b8-7-,12-11-,13-9?. The topological polar surface area (TPSA) is 12.4 Å². The molecule has 1 nitrogen and oxygen atoms in total. The second-order valence-electron chi connectivity index (χ2n) is 3.11. The zero-order chi connectivity index (χ0) is 10.3. The van der Waals surface area contributed by atoms with E-state index in [1.807, 2.05) is 6.08 Å². The van der Waals surface area contributed by atoms with Crippen LogP contribution in [0.2, 0.25) is 0 Å². The van der Waals surface area contributed by atoms with Gasteiger partial charge in [0.1, 0.15) is 0 Å². The monoisotopic (exact) mass is 177 g/mol. The van der Waals surface area contributed by atoms with Crippen molar-refractivity contribution in [2.45, 2.75) is 27.2 Å². The van der Waals surface area contributed by atoms with E-state index in [9.17, 15) is 0 Å². The third-order valence-corrected chi connectivity index (χ3v) is 2.05. The summed E-state index contributed by atoms with van der Waals surface area (Å²) < 4.78 is 0. The Hall–Kier alpha value is -1.11. The van der Waals surface area contributed by atoms with Gasteiger partial charge in [-0.05, 0) is 25.8 Å². The molecule has 0 aliphatic heterocycles. The Morgan fingerprint density at radius 2 is 1.92 bits per heavy atom. The zero-order valence-corrected chi connectivity index (χ0v) is 9.09. The van der Waals surface area contributed by atoms with Crippen molar-refractivity contribution in [3.05, 3.63) is 35.5 Å². The van der Waals surface area contributed by atoms with E-state index in [-0.39, 0.29) is 0 Å². The highest BCUT2D eigenvalue weighted by Crippen LogP contribution is 2.08. The highest BCUT2D eigenvalue weighted by molar-refractivity contribution is 5.81. The van der Waals surface area contributed by atoms with Gasteiger partial charge < -0.3 is 0 Å². The van der Waals surface area contributed by atoms with Gasteiger partial charge in [-0.15, -0.1) is 0 Å². The average molecular weight is 177 g/mol. The van der Waals surface area contributed by atoms with Gasteiger partial charge in [-0.3, -0.25) is 4.99 Å². The van der Waals surface area contributed by atoms with Crippen LogP contribution in [0.4, 0.5) is 0 Å². The second kappa shape index (κ2) is 6.41. The van der Waals surface area contributed by atoms with Gasteiger partial charge in [-0.2, -0.15) is 0 Å². The van der Waals surface area contributed by atoms with Gasteiger partial charge >= 0.3 is 0 Å². The quantitative estimate of drug-likeness (QED) is 0.460. The van der Waals surface area contributed by atoms with E-state index < -0.39 is 0 Å². The van der Waals surface area contributed by atoms with E-state index in [1.54, 1.807) is 13.3 Å². The fourth-order valence-corrected chi connectivity index (χ4v) is 0.862. The van der Waals surface area contributed by atoms with Crippen molar-refractivity contribution < 1.29 is 0 Å². The first-order chi connectivity index (χ1) is 6.11. The number of nitrogens with zero attached hydrogens (tertiary/aromatic N) is 1. The highest BCUT2D eigenvalue weighted by atomic mass is 14.6. The molecule has 0 fully saturated rings. The minimum Gasteiger partial charge on any atom is -0.296 e. The van der Waals surface area contributed by atoms with Crippen molar-refractivity contribution in [1.82, 2.24) is 0 Å². The fraction of sp³-hybridized carbons (Fsp3) is 0.417. The third kappa shape index (κ3) is 5.18. The molecule has 0 aromatic rings. The van der Waals surface area contributed by atoms with Gasteiger partial charge in [0.2, 0.25) is 0 Å². The molecular weight excluding hydrogens is 158 g/mol. The lowest BCUT2D eigenvalue weighted by molar-refractivity contribution is 1.07. The predicted molar refractivity (Wildman–Crippen MR) is 61.4 cm³/mol. The Morgan fingerprint density at radius 1 is 1.31 bits per heavy atom. The van der Waals surface area contributed by atoms with Crippen LogP contribution in [0.1, 0.15) is 27.2 Å². The first kappa shape index (κ1) is 11.9. The molecule has 0 saturated heterocycles. The van der Waals surface area contributed by atoms with Crippen LogP contribution in [0, 0.1) is 0 Å². The fourth-order valence-electron chi connectivity index (χ4n) is 0.862. The van der Waals surface area contributed by atoms with Crippen LogP contribution in [-0.2, 0) is 0 Å². The van der Waals surface area contributed by atoms with E-state index in [0.29, 0.717) is 0 Å². The molecule has 0 atom stereocenters. The van der Waals surface area contributed by atoms with Crippen molar-refractivity contribution in [1.29, 1.82) is 0 Å². The summed E-state index contributed by atoms with van der Waals surface area (Å²) in [7, 11) is 1.75. The SMILES string of the molecule is C=C(C=NC)/C=C\C(C)=C(\C)CC. The van der Waals surface area contributed by atoms with Gasteiger partial charge in [0.05, 0.1) is 0 Å². The van der Waals surface area contributed by atoms with E-state index in [2.05, 4.69) is 38.4 Å². The summed E-state index contributed by atoms with van der Waals surface area (Å²) in [6.45, 7) is 10.3. The van der Waals surface area contributed by atoms with Crippen LogP contribution in [0.3, 0.4) is 0 Å². The summed E-state index contributed by atoms with van der Waals surface area (Å²) in [5.74, 6) is 0. The van der Waals surface area contributed by atoms with Crippen molar-refractivity contribution in [3.8, 4) is 0 Å². The van der Waals surface area contributed by atoms with Crippen molar-refractivity contribution in [3.63, 3.8) is 0 Å². The average Bonchev–Trinajstić information content (AvgIpc) is 2.13. The van der Waals surface area contributed by atoms with Crippen molar-refractivity contribution in [2.24, 2.45) is 4.99 Å². The van der Waals surface area contributed by atoms with Gasteiger partial charge in [0.25, 0.3) is 0 Å². The molecule has 0 radical (unpaired) electrons. The zero-order valence-electron chi connectivity index (χ0n) is 9.09. The molecule has 72 valence electrons. The maximum Gasteiger partial charge on any atom is 0.0277 e. The molecule has 1 heteroatoms. The predicted octanol–water partition coefficient (Wildman–Crippen LogP) is 3.55. The van der Waals surface area contributed by atoms with E-state index in [0.717, 1.165) is 12.0 Å². The molecular formula is C12H19N. The number of rotatable bonds is 4. The summed E-state index contributed by atoms with van der Waals surface area (Å²) in [4.78, 5) is 3.89. The van der Waals surface area contributed by atoms with Crippen molar-refractivity contribution >= 4 is 6.21 Å². The van der Waals surface area contributed by atoms with Crippen molar-refractivity contribution in [2.75, 3.05) is 7.05 Å². The lowest BCUT2D eigenvalue weighted by atomic mass is 10.1. The smallest absolute Gasteiger partial charge is 0.0277 e. The molecule has 0 aromatic carbocycles. The maximum atomic E-state index is 3.89. The Balaban J connectivity index is 4.36. The number of aliphatic imine (C=N–C) groups is 1. The first-order valence-electron chi connectivity index (χ1n) is 4.57. The maximum absolute atomic E-state index is 3.89. The Morgan fingerprint density at radius 3 is 2.38 bits per heavy atom. The summed E-state index contributed by atoms with van der Waals surface area (Å²) in [6.07, 6.45) is 6.93. The van der Waals surface area contributed by atoms with E-state index >= 15 is 0 Å². The molecule has 0 aliphatic rings. The van der Waals surface area contributed by atoms with Crippen LogP contribution >= 0.6 is 0 Å². The van der Waals surface area contributed by atoms with Gasteiger partial charge in [0, 0.05) is 13.3 Å². The number of allylic oxidation sites excluding steroid dienone is 5. The van der Waals surface area contributed by atoms with Gasteiger partial charge in [-0.25, -0.2) is 0 Å². The molecule has 0 amide bonds. The molecule has 0 aliphatic carbocycles. The lowest BCUT2D eigenvalue weighted by Gasteiger charge is -1.98. The number of hydrogen-bond acceptors (Lipinski definition) is 1. The molecule has 0 N–H and O–H groups in total. The molecule has 0 bridgehead atoms. The molecule has 0 spiro atoms. The summed E-state index contributed by atoms with van der Waals surface area (Å²) in [5.41, 5.74) is 3.66. The molecule has 0 aromatic heterocycles.